The minimum atomic E-state index is -0.425. The Labute approximate surface area is 153 Å². The Balaban J connectivity index is 1.87. The predicted molar refractivity (Wildman–Crippen MR) is 101 cm³/mol. The van der Waals surface area contributed by atoms with Crippen LogP contribution in [0, 0.1) is 0 Å². The predicted octanol–water partition coefficient (Wildman–Crippen LogP) is 3.45. The summed E-state index contributed by atoms with van der Waals surface area (Å²) < 4.78 is 0.940. The van der Waals surface area contributed by atoms with Crippen LogP contribution >= 0.6 is 15.9 Å². The zero-order valence-electron chi connectivity index (χ0n) is 13.5. The number of aromatic nitrogens is 1. The first-order valence-electron chi connectivity index (χ1n) is 7.93. The van der Waals surface area contributed by atoms with E-state index in [0.29, 0.717) is 12.2 Å². The average Bonchev–Trinajstić information content (AvgIpc) is 3.01. The first kappa shape index (κ1) is 17.2. The van der Waals surface area contributed by atoms with Gasteiger partial charge in [0.15, 0.2) is 0 Å². The van der Waals surface area contributed by atoms with Crippen LogP contribution in [0.25, 0.3) is 10.9 Å². The van der Waals surface area contributed by atoms with E-state index in [2.05, 4.69) is 20.9 Å². The van der Waals surface area contributed by atoms with Crippen LogP contribution < -0.4 is 5.73 Å². The maximum absolute atomic E-state index is 12.9. The number of fused-ring (bicyclic) bond motifs is 1. The number of benzene rings is 2. The van der Waals surface area contributed by atoms with Gasteiger partial charge in [-0.05, 0) is 23.8 Å². The number of H-pyrrole nitrogens is 1. The van der Waals surface area contributed by atoms with Gasteiger partial charge in [0.2, 0.25) is 5.91 Å². The summed E-state index contributed by atoms with van der Waals surface area (Å²) in [5.41, 5.74) is 7.64. The van der Waals surface area contributed by atoms with E-state index in [4.69, 9.17) is 5.73 Å². The van der Waals surface area contributed by atoms with Crippen LogP contribution in [0.1, 0.15) is 22.5 Å². The first-order valence-corrected chi connectivity index (χ1v) is 8.72. The van der Waals surface area contributed by atoms with Gasteiger partial charge in [-0.15, -0.1) is 0 Å². The van der Waals surface area contributed by atoms with E-state index in [-0.39, 0.29) is 18.9 Å². The van der Waals surface area contributed by atoms with Crippen molar-refractivity contribution in [2.24, 2.45) is 5.73 Å². The summed E-state index contributed by atoms with van der Waals surface area (Å²) in [7, 11) is 0. The lowest BCUT2D eigenvalue weighted by Gasteiger charge is -2.21. The Hall–Kier alpha value is -2.60. The standard InChI is InChI=1S/C19H18BrN3O2/c20-15-7-6-14-10-17(22-16(14)11-15)19(25)23(9-8-18(21)24)12-13-4-2-1-3-5-13/h1-7,10-11,22H,8-9,12H2,(H2,21,24). The summed E-state index contributed by atoms with van der Waals surface area (Å²) in [5, 5.41) is 0.959. The summed E-state index contributed by atoms with van der Waals surface area (Å²) in [6, 6.07) is 17.3. The second kappa shape index (κ2) is 7.53. The van der Waals surface area contributed by atoms with Gasteiger partial charge in [-0.25, -0.2) is 0 Å². The largest absolute Gasteiger partial charge is 0.370 e. The highest BCUT2D eigenvalue weighted by Crippen LogP contribution is 2.21. The van der Waals surface area contributed by atoms with E-state index in [1.165, 1.54) is 0 Å². The Morgan fingerprint density at radius 2 is 1.84 bits per heavy atom. The molecule has 0 bridgehead atoms. The average molecular weight is 400 g/mol. The van der Waals surface area contributed by atoms with Crippen molar-refractivity contribution in [3.05, 3.63) is 70.3 Å². The van der Waals surface area contributed by atoms with E-state index in [1.807, 2.05) is 54.6 Å². The van der Waals surface area contributed by atoms with Crippen LogP contribution in [0.3, 0.4) is 0 Å². The van der Waals surface area contributed by atoms with Crippen LogP contribution in [0.5, 0.6) is 0 Å². The molecule has 3 aromatic rings. The van der Waals surface area contributed by atoms with Crippen LogP contribution in [-0.4, -0.2) is 28.2 Å². The molecule has 128 valence electrons. The van der Waals surface area contributed by atoms with Crippen molar-refractivity contribution in [3.63, 3.8) is 0 Å². The fourth-order valence-electron chi connectivity index (χ4n) is 2.69. The molecule has 0 unspecified atom stereocenters. The highest BCUT2D eigenvalue weighted by atomic mass is 79.9. The van der Waals surface area contributed by atoms with Gasteiger partial charge < -0.3 is 15.6 Å². The van der Waals surface area contributed by atoms with Crippen molar-refractivity contribution >= 4 is 38.6 Å². The summed E-state index contributed by atoms with van der Waals surface area (Å²) in [6.45, 7) is 0.703. The number of hydrogen-bond donors (Lipinski definition) is 2. The van der Waals surface area contributed by atoms with Gasteiger partial charge in [0.25, 0.3) is 5.91 Å². The molecule has 2 amide bonds. The van der Waals surface area contributed by atoms with E-state index in [9.17, 15) is 9.59 Å². The van der Waals surface area contributed by atoms with Crippen LogP contribution in [0.4, 0.5) is 0 Å². The van der Waals surface area contributed by atoms with Gasteiger partial charge >= 0.3 is 0 Å². The molecule has 2 aromatic carbocycles. The molecule has 0 saturated carbocycles. The van der Waals surface area contributed by atoms with Crippen molar-refractivity contribution in [1.29, 1.82) is 0 Å². The number of hydrogen-bond acceptors (Lipinski definition) is 2. The highest BCUT2D eigenvalue weighted by molar-refractivity contribution is 9.10. The molecule has 0 radical (unpaired) electrons. The Morgan fingerprint density at radius 1 is 1.08 bits per heavy atom. The molecule has 0 saturated heterocycles. The quantitative estimate of drug-likeness (QED) is 0.665. The molecule has 0 spiro atoms. The van der Waals surface area contributed by atoms with E-state index < -0.39 is 5.91 Å². The van der Waals surface area contributed by atoms with E-state index >= 15 is 0 Å². The number of carbonyl (C=O) groups excluding carboxylic acids is 2. The van der Waals surface area contributed by atoms with Crippen molar-refractivity contribution in [1.82, 2.24) is 9.88 Å². The maximum atomic E-state index is 12.9. The molecular weight excluding hydrogens is 382 g/mol. The normalized spacial score (nSPS) is 10.8. The second-order valence-corrected chi connectivity index (χ2v) is 6.76. The molecule has 1 aromatic heterocycles. The fourth-order valence-corrected chi connectivity index (χ4v) is 3.05. The van der Waals surface area contributed by atoms with Gasteiger partial charge in [-0.2, -0.15) is 0 Å². The number of nitrogens with zero attached hydrogens (tertiary/aromatic N) is 1. The molecule has 0 aliphatic heterocycles. The van der Waals surface area contributed by atoms with E-state index in [0.717, 1.165) is 20.9 Å². The maximum Gasteiger partial charge on any atom is 0.270 e. The number of nitrogens with two attached hydrogens (primary N) is 1. The van der Waals surface area contributed by atoms with Gasteiger partial charge in [-0.3, -0.25) is 9.59 Å². The number of halogens is 1. The summed E-state index contributed by atoms with van der Waals surface area (Å²) in [6.07, 6.45) is 0.129. The lowest BCUT2D eigenvalue weighted by molar-refractivity contribution is -0.118. The SMILES string of the molecule is NC(=O)CCN(Cc1ccccc1)C(=O)c1cc2ccc(Br)cc2[nH]1. The minimum absolute atomic E-state index is 0.129. The topological polar surface area (TPSA) is 79.2 Å². The monoisotopic (exact) mass is 399 g/mol. The van der Waals surface area contributed by atoms with Crippen molar-refractivity contribution in [2.75, 3.05) is 6.54 Å². The van der Waals surface area contributed by atoms with Crippen molar-refractivity contribution < 1.29 is 9.59 Å². The molecule has 25 heavy (non-hydrogen) atoms. The summed E-state index contributed by atoms with van der Waals surface area (Å²) in [4.78, 5) is 28.9. The van der Waals surface area contributed by atoms with Gasteiger partial charge in [0.05, 0.1) is 0 Å². The molecule has 0 fully saturated rings. The Kier molecular flexibility index (Phi) is 5.19. The smallest absolute Gasteiger partial charge is 0.270 e. The molecule has 5 nitrogen and oxygen atoms in total. The zero-order chi connectivity index (χ0) is 17.8. The lowest BCUT2D eigenvalue weighted by atomic mass is 10.2. The molecule has 3 rings (SSSR count). The molecule has 0 atom stereocenters. The zero-order valence-corrected chi connectivity index (χ0v) is 15.1. The second-order valence-electron chi connectivity index (χ2n) is 5.84. The summed E-state index contributed by atoms with van der Waals surface area (Å²) >= 11 is 3.43. The number of aromatic amines is 1. The molecule has 0 aliphatic carbocycles. The van der Waals surface area contributed by atoms with Crippen LogP contribution in [0.15, 0.2) is 59.1 Å². The fraction of sp³-hybridized carbons (Fsp3) is 0.158. The van der Waals surface area contributed by atoms with Crippen LogP contribution in [-0.2, 0) is 11.3 Å². The number of primary amides is 1. The van der Waals surface area contributed by atoms with E-state index in [1.54, 1.807) is 4.90 Å². The Morgan fingerprint density at radius 3 is 2.56 bits per heavy atom. The van der Waals surface area contributed by atoms with Gasteiger partial charge in [0, 0.05) is 34.9 Å². The first-order chi connectivity index (χ1) is 12.0. The number of carbonyl (C=O) groups is 2. The molecule has 6 heteroatoms. The molecular formula is C19H18BrN3O2. The third kappa shape index (κ3) is 4.28. The number of rotatable bonds is 6. The molecule has 3 N–H and O–H groups in total. The lowest BCUT2D eigenvalue weighted by Crippen LogP contribution is -2.33. The van der Waals surface area contributed by atoms with Crippen LogP contribution in [0.2, 0.25) is 0 Å². The number of amides is 2. The van der Waals surface area contributed by atoms with Crippen molar-refractivity contribution in [2.45, 2.75) is 13.0 Å². The Bertz CT molecular complexity index is 905. The third-order valence-corrected chi connectivity index (χ3v) is 4.44. The van der Waals surface area contributed by atoms with Gasteiger partial charge in [0.1, 0.15) is 5.69 Å². The van der Waals surface area contributed by atoms with Crippen molar-refractivity contribution in [3.8, 4) is 0 Å². The minimum Gasteiger partial charge on any atom is -0.370 e. The molecule has 1 heterocycles. The van der Waals surface area contributed by atoms with Gasteiger partial charge in [-0.1, -0.05) is 52.3 Å². The number of nitrogens with one attached hydrogen (secondary N) is 1. The highest BCUT2D eigenvalue weighted by Gasteiger charge is 2.19. The summed E-state index contributed by atoms with van der Waals surface area (Å²) in [5.74, 6) is -0.580. The molecule has 0 aliphatic rings. The third-order valence-electron chi connectivity index (χ3n) is 3.95.